The number of anilines is 5. The quantitative estimate of drug-likeness (QED) is 0.0171. The lowest BCUT2D eigenvalue weighted by molar-refractivity contribution is -0.232. The molecule has 10 rings (SSSR count). The number of hydroxylamine groups is 1. The van der Waals surface area contributed by atoms with Crippen LogP contribution in [-0.4, -0.2) is 408 Å². The number of benzene rings is 5. The lowest BCUT2D eigenvalue weighted by Crippen LogP contribution is -2.44. The molecule has 5 heterocycles. The van der Waals surface area contributed by atoms with Gasteiger partial charge in [-0.3, -0.25) is 33.6 Å². The molecule has 0 spiro atoms. The van der Waals surface area contributed by atoms with E-state index in [0.29, 0.717) is 273 Å². The summed E-state index contributed by atoms with van der Waals surface area (Å²) in [6.07, 6.45) is 9.56. The molecule has 2 amide bonds. The number of halogens is 4. The smallest absolute Gasteiger partial charge is 0.339 e. The second-order valence-electron chi connectivity index (χ2n) is 28.9. The van der Waals surface area contributed by atoms with E-state index in [4.69, 9.17) is 104 Å². The molecule has 5 aromatic rings. The monoisotopic (exact) mass is 2060 g/mol. The average Bonchev–Trinajstić information content (AvgIpc) is 0.853. The summed E-state index contributed by atoms with van der Waals surface area (Å²) in [7, 11) is 23.1. The fraction of sp³-hybridized carbons (Fsp3) is 0.602. The van der Waals surface area contributed by atoms with Gasteiger partial charge in [0.2, 0.25) is 12.2 Å². The van der Waals surface area contributed by atoms with Gasteiger partial charge in [0.25, 0.3) is 0 Å². The number of carbonyl (C=O) groups is 3. The first kappa shape index (κ1) is 127. The maximum absolute atomic E-state index is 12.7. The van der Waals surface area contributed by atoms with Gasteiger partial charge in [0.05, 0.1) is 241 Å². The number of ether oxygens (including phenoxy) is 20. The minimum Gasteiger partial charge on any atom is -0.489 e. The maximum atomic E-state index is 12.7. The van der Waals surface area contributed by atoms with E-state index >= 15 is 0 Å². The zero-order chi connectivity index (χ0) is 101. The van der Waals surface area contributed by atoms with Crippen LogP contribution in [0.1, 0.15) is 25.6 Å². The normalized spacial score (nSPS) is 16.4. The molecule has 0 aromatic heterocycles. The number of para-hydroxylation sites is 8. The van der Waals surface area contributed by atoms with Crippen LogP contribution in [0.15, 0.2) is 115 Å². The van der Waals surface area contributed by atoms with Gasteiger partial charge in [-0.25, -0.2) is 0 Å². The summed E-state index contributed by atoms with van der Waals surface area (Å²) in [6, 6.07) is 36.2. The van der Waals surface area contributed by atoms with Crippen LogP contribution in [0.2, 0.25) is 0 Å². The molecule has 0 bridgehead atoms. The van der Waals surface area contributed by atoms with Gasteiger partial charge >= 0.3 is 17.0 Å². The van der Waals surface area contributed by atoms with Crippen molar-refractivity contribution in [1.29, 1.82) is 0 Å². The largest absolute Gasteiger partial charge is 0.489 e. The van der Waals surface area contributed by atoms with Gasteiger partial charge in [0.1, 0.15) is 85.6 Å². The van der Waals surface area contributed by atoms with Gasteiger partial charge in [-0.1, -0.05) is 48.5 Å². The maximum Gasteiger partial charge on any atom is 0.339 e. The summed E-state index contributed by atoms with van der Waals surface area (Å²) in [6.45, 7) is 29.2. The molecule has 0 atom stereocenters. The molecule has 5 aliphatic rings. The third-order valence-electron chi connectivity index (χ3n) is 17.6. The summed E-state index contributed by atoms with van der Waals surface area (Å²) < 4.78 is 125. The van der Waals surface area contributed by atoms with Gasteiger partial charge < -0.3 is 139 Å². The molecule has 0 saturated carbocycles. The Morgan fingerprint density at radius 2 is 0.741 bits per heavy atom. The number of carbonyl (C=O) groups excluding carboxylic acids is 3. The Morgan fingerprint density at radius 3 is 1.14 bits per heavy atom. The van der Waals surface area contributed by atoms with E-state index in [1.165, 1.54) is 9.80 Å². The predicted octanol–water partition coefficient (Wildman–Crippen LogP) is 9.82. The molecular formula is C93H146B2Cl4N9O30P. The molecule has 46 heteroatoms. The van der Waals surface area contributed by atoms with Gasteiger partial charge in [-0.2, -0.15) is 14.8 Å². The third-order valence-corrected chi connectivity index (χ3v) is 17.7. The van der Waals surface area contributed by atoms with Gasteiger partial charge in [0.15, 0.2) is 12.2 Å². The molecule has 0 unspecified atom stereocenters. The highest BCUT2D eigenvalue weighted by atomic mass is 36.0. The molecule has 5 aromatic carbocycles. The van der Waals surface area contributed by atoms with Crippen molar-refractivity contribution in [3.63, 3.8) is 0 Å². The molecule has 5 aliphatic heterocycles. The van der Waals surface area contributed by atoms with E-state index in [0.717, 1.165) is 86.3 Å². The van der Waals surface area contributed by atoms with Gasteiger partial charge in [0, 0.05) is 88.9 Å². The van der Waals surface area contributed by atoms with Crippen LogP contribution in [0, 0.1) is 24.4 Å². The molecule has 139 heavy (non-hydrogen) atoms. The van der Waals surface area contributed by atoms with Crippen LogP contribution >= 0.6 is 50.8 Å². The van der Waals surface area contributed by atoms with E-state index < -0.39 is 17.0 Å². The second-order valence-corrected chi connectivity index (χ2v) is 35.7. The summed E-state index contributed by atoms with van der Waals surface area (Å²) in [5.41, 5.74) is 4.91. The van der Waals surface area contributed by atoms with E-state index in [9.17, 15) is 18.9 Å². The molecule has 39 nitrogen and oxygen atoms in total. The SMILES string of the molecule is CCOOC#COCl.CCOOC#CON1CCOCCOCCOCCOc2ccccc21.CN(C)C(=O)C(=O)N1CCOCCOCCOCCOc2ccccc21.CN(C)CCN1CCOCCOCCOCCOc2cc(C=O)ccc21.CN(C)CCN1CCOCCOCCOCCOc2ccccc21.CNC.O=P(Cl)(Cl)Cl.[B][B].[HH].c1ccc2c(c1)NCCOCCOCCOCCO2. The number of amides is 2. The predicted molar refractivity (Wildman–Crippen MR) is 539 cm³/mol. The fourth-order valence-electron chi connectivity index (χ4n) is 11.3. The molecule has 0 aliphatic carbocycles. The molecule has 2 N–H and O–H groups in total. The summed E-state index contributed by atoms with van der Waals surface area (Å²) in [5, 5.41) is 4.41. The fourth-order valence-corrected chi connectivity index (χ4v) is 11.4. The van der Waals surface area contributed by atoms with Crippen LogP contribution in [0.3, 0.4) is 0 Å². The van der Waals surface area contributed by atoms with Crippen molar-refractivity contribution in [2.75, 3.05) is 385 Å². The zero-order valence-corrected chi connectivity index (χ0v) is 86.0. The van der Waals surface area contributed by atoms with Crippen LogP contribution in [0.5, 0.6) is 28.7 Å². The van der Waals surface area contributed by atoms with Crippen molar-refractivity contribution < 1.29 is 144 Å². The number of fused-ring (bicyclic) bond motifs is 5. The van der Waals surface area contributed by atoms with Crippen LogP contribution in [-0.2, 0) is 114 Å². The first-order valence-corrected chi connectivity index (χ1v) is 50.2. The molecule has 0 fully saturated rings. The number of nitrogens with one attached hydrogen (secondary N) is 2. The van der Waals surface area contributed by atoms with Crippen LogP contribution in [0.25, 0.3) is 0 Å². The topological polar surface area (TPSA) is 355 Å². The zero-order valence-electron chi connectivity index (χ0n) is 82.1. The standard InChI is InChI=1S/C19H30N2O5.C18H26N2O6.C18H30N2O4.C18H25NO7.C14H21NO4.C4H5ClO3.C2H7N.B2.Cl3OP.H2/c1-20(2)5-6-21-7-8-23-9-10-24-11-12-25-13-14-26-19-15-17(16-22)3-4-18(19)21;1-19(2)17(21)18(22)20-7-8-23-9-10-24-11-12-25-13-14-26-16-6-4-3-5-15(16)20;1-19(2)7-8-20-9-10-21-11-12-22-13-14-23-15-16-24-18-6-4-3-5-17(18)20;1-2-25-26-16-15-24-19-7-8-20-9-10-21-11-12-22-13-14-23-18-6-4-3-5-17(18)19;1-2-4-14-13(3-1)15-5-6-16-7-8-17-9-10-18-11-12-19-14;1-2-7-8-4-3-6-5;1-3-2;1-2;1-5(2,3)4;/h3-4,15-16H,5-14H2,1-2H3;3-6H,7-14H2,1-2H3;3-6H,7-16H2,1-2H3;3-6H,2,7-14H2,1H3;1-4,15H,5-12H2;2H2,1H3;3H,1-2H3;;;1H. The van der Waals surface area contributed by atoms with Crippen molar-refractivity contribution in [2.24, 2.45) is 0 Å². The van der Waals surface area contributed by atoms with E-state index in [-0.39, 0.29) is 14.6 Å². The number of aldehydes is 1. The molecule has 782 valence electrons. The van der Waals surface area contributed by atoms with Crippen molar-refractivity contribution in [3.8, 4) is 53.2 Å². The lowest BCUT2D eigenvalue weighted by Gasteiger charge is -2.28. The van der Waals surface area contributed by atoms with Crippen LogP contribution in [0.4, 0.5) is 28.4 Å². The molecule has 4 radical (unpaired) electrons. The third kappa shape index (κ3) is 67.9. The highest BCUT2D eigenvalue weighted by Gasteiger charge is 2.28. The summed E-state index contributed by atoms with van der Waals surface area (Å²) in [5.74, 6) is 2.37. The van der Waals surface area contributed by atoms with Crippen molar-refractivity contribution in [3.05, 3.63) is 121 Å². The average molecular weight is 2060 g/mol. The first-order chi connectivity index (χ1) is 67.8. The van der Waals surface area contributed by atoms with Crippen LogP contribution < -0.4 is 54.1 Å². The number of rotatable bonds is 12. The number of hydrogen-bond acceptors (Lipinski definition) is 37. The Morgan fingerprint density at radius 1 is 0.424 bits per heavy atom. The number of hydrogen-bond donors (Lipinski definition) is 2. The van der Waals surface area contributed by atoms with Gasteiger partial charge in [-0.15, -0.1) is 0 Å². The number of likely N-dealkylation sites (N-methyl/N-ethyl adjacent to an activating group) is 3. The highest BCUT2D eigenvalue weighted by molar-refractivity contribution is 8.24. The molecule has 0 saturated heterocycles. The Bertz CT molecular complexity index is 4000. The van der Waals surface area contributed by atoms with Crippen molar-refractivity contribution in [1.82, 2.24) is 20.0 Å². The van der Waals surface area contributed by atoms with Gasteiger partial charge in [-0.05, 0) is 157 Å². The van der Waals surface area contributed by atoms with E-state index in [2.05, 4.69) is 143 Å². The highest BCUT2D eigenvalue weighted by Crippen LogP contribution is 2.61. The summed E-state index contributed by atoms with van der Waals surface area (Å²) in [4.78, 5) is 70.8. The molecular weight excluding hydrogens is 1920 g/mol. The van der Waals surface area contributed by atoms with Crippen molar-refractivity contribution in [2.45, 2.75) is 13.8 Å². The second kappa shape index (κ2) is 88.8. The lowest BCUT2D eigenvalue weighted by atomic mass is 9.81. The van der Waals surface area contributed by atoms with E-state index in [1.54, 1.807) is 57.3 Å². The van der Waals surface area contributed by atoms with Crippen molar-refractivity contribution >= 4 is 113 Å². The Hall–Kier alpha value is -8.05. The first-order valence-electron chi connectivity index (χ1n) is 45.5. The minimum absolute atomic E-state index is 0. The van der Waals surface area contributed by atoms with E-state index in [1.807, 2.05) is 125 Å². The minimum atomic E-state index is -3.22. The Balaban J connectivity index is 0.000000837. The number of nitrogens with zero attached hydrogens (tertiary/aromatic N) is 7. The Kier molecular flexibility index (Phi) is 81.2. The Labute approximate surface area is 844 Å². The summed E-state index contributed by atoms with van der Waals surface area (Å²) >= 11 is 18.5.